The summed E-state index contributed by atoms with van der Waals surface area (Å²) >= 11 is 0. The summed E-state index contributed by atoms with van der Waals surface area (Å²) in [5, 5.41) is 8.03. The maximum absolute atomic E-state index is 13.0. The summed E-state index contributed by atoms with van der Waals surface area (Å²) in [7, 11) is 0. The normalized spacial score (nSPS) is 20.5. The Bertz CT molecular complexity index is 1290. The van der Waals surface area contributed by atoms with Crippen molar-refractivity contribution in [3.05, 3.63) is 54.4 Å². The molecule has 3 N–H and O–H groups in total. The van der Waals surface area contributed by atoms with Crippen molar-refractivity contribution in [1.82, 2.24) is 19.7 Å². The molecule has 0 radical (unpaired) electrons. The fraction of sp³-hybridized carbons (Fsp3) is 0.304. The first-order valence-corrected chi connectivity index (χ1v) is 10.7. The van der Waals surface area contributed by atoms with E-state index in [-0.39, 0.29) is 11.6 Å². The third-order valence-electron chi connectivity index (χ3n) is 5.98. The maximum atomic E-state index is 13.0. The number of nitrogens with zero attached hydrogens (tertiary/aromatic N) is 4. The minimum atomic E-state index is -4.39. The van der Waals surface area contributed by atoms with Gasteiger partial charge in [-0.15, -0.1) is 0 Å². The molecule has 34 heavy (non-hydrogen) atoms. The molecule has 1 saturated heterocycles. The third-order valence-corrected chi connectivity index (χ3v) is 5.98. The second kappa shape index (κ2) is 8.56. The first-order chi connectivity index (χ1) is 16.3. The van der Waals surface area contributed by atoms with Gasteiger partial charge in [0.1, 0.15) is 17.8 Å². The predicted octanol–water partition coefficient (Wildman–Crippen LogP) is 4.04. The lowest BCUT2D eigenvalue weighted by molar-refractivity contribution is -0.161. The maximum Gasteiger partial charge on any atom is 0.395 e. The Balaban J connectivity index is 1.38. The number of hydrogen-bond donors (Lipinski definition) is 2. The molecule has 1 aromatic carbocycles. The molecular formula is C23H21F3N6O2. The average Bonchev–Trinajstić information content (AvgIpc) is 3.48. The van der Waals surface area contributed by atoms with E-state index in [1.807, 2.05) is 4.68 Å². The first-order valence-electron chi connectivity index (χ1n) is 10.7. The van der Waals surface area contributed by atoms with Gasteiger partial charge in [-0.25, -0.2) is 14.6 Å². The standard InChI is InChI=1S/C23H21F3N6O2/c24-23(25,26)15-3-1-2-14(10-15)22(33)30-16-6-4-13(5-7-16)19-18-20(27)28-12-29-21(18)32(31-19)17-8-9-34-11-17/h1-7,12,15,17H,8-11H2,(H,30,33)(H2,27,28,29)/t15?,17-/m1/s1. The van der Waals surface area contributed by atoms with Crippen molar-refractivity contribution in [2.45, 2.75) is 25.1 Å². The quantitative estimate of drug-likeness (QED) is 0.596. The van der Waals surface area contributed by atoms with Crippen LogP contribution in [-0.2, 0) is 9.53 Å². The highest BCUT2D eigenvalue weighted by atomic mass is 19.4. The average molecular weight is 470 g/mol. The van der Waals surface area contributed by atoms with Crippen LogP contribution in [0.2, 0.25) is 0 Å². The second-order valence-electron chi connectivity index (χ2n) is 8.23. The molecular weight excluding hydrogens is 449 g/mol. The van der Waals surface area contributed by atoms with Crippen LogP contribution in [0.15, 0.2) is 54.4 Å². The van der Waals surface area contributed by atoms with Crippen LogP contribution in [-0.4, -0.2) is 45.0 Å². The van der Waals surface area contributed by atoms with Gasteiger partial charge in [0.05, 0.1) is 24.0 Å². The van der Waals surface area contributed by atoms with E-state index in [2.05, 4.69) is 15.3 Å². The second-order valence-corrected chi connectivity index (χ2v) is 8.23. The fourth-order valence-electron chi connectivity index (χ4n) is 4.16. The summed E-state index contributed by atoms with van der Waals surface area (Å²) in [6, 6.07) is 6.89. The van der Waals surface area contributed by atoms with E-state index < -0.39 is 24.4 Å². The zero-order chi connectivity index (χ0) is 23.9. The molecule has 0 bridgehead atoms. The molecule has 11 heteroatoms. The number of alkyl halides is 3. The molecule has 0 saturated carbocycles. The van der Waals surface area contributed by atoms with E-state index in [0.717, 1.165) is 18.1 Å². The molecule has 2 aromatic heterocycles. The van der Waals surface area contributed by atoms with Gasteiger partial charge < -0.3 is 15.8 Å². The lowest BCUT2D eigenvalue weighted by Gasteiger charge is -2.20. The van der Waals surface area contributed by atoms with Gasteiger partial charge in [0.2, 0.25) is 0 Å². The largest absolute Gasteiger partial charge is 0.395 e. The Kier molecular flexibility index (Phi) is 5.56. The van der Waals surface area contributed by atoms with E-state index in [9.17, 15) is 18.0 Å². The zero-order valence-electron chi connectivity index (χ0n) is 17.9. The van der Waals surface area contributed by atoms with Gasteiger partial charge in [0.25, 0.3) is 5.91 Å². The summed E-state index contributed by atoms with van der Waals surface area (Å²) in [6.07, 6.45) is 1.15. The highest BCUT2D eigenvalue weighted by molar-refractivity contribution is 6.04. The number of ether oxygens (including phenoxy) is 1. The number of carbonyl (C=O) groups excluding carboxylic acids is 1. The number of nitrogens with two attached hydrogens (primary N) is 1. The lowest BCUT2D eigenvalue weighted by atomic mass is 9.93. The van der Waals surface area contributed by atoms with Crippen LogP contribution in [0.1, 0.15) is 18.9 Å². The van der Waals surface area contributed by atoms with Gasteiger partial charge in [-0.3, -0.25) is 4.79 Å². The molecule has 1 fully saturated rings. The molecule has 1 aliphatic heterocycles. The molecule has 8 nitrogen and oxygen atoms in total. The van der Waals surface area contributed by atoms with Crippen molar-refractivity contribution in [1.29, 1.82) is 0 Å². The molecule has 3 aromatic rings. The summed E-state index contributed by atoms with van der Waals surface area (Å²) in [6.45, 7) is 1.18. The van der Waals surface area contributed by atoms with Crippen molar-refractivity contribution >= 4 is 28.4 Å². The molecule has 5 rings (SSSR count). The van der Waals surface area contributed by atoms with Crippen LogP contribution in [0.25, 0.3) is 22.3 Å². The van der Waals surface area contributed by atoms with Crippen LogP contribution >= 0.6 is 0 Å². The van der Waals surface area contributed by atoms with E-state index in [1.165, 1.54) is 18.5 Å². The van der Waals surface area contributed by atoms with Crippen LogP contribution in [0.5, 0.6) is 0 Å². The summed E-state index contributed by atoms with van der Waals surface area (Å²) < 4.78 is 46.3. The van der Waals surface area contributed by atoms with Gasteiger partial charge in [-0.2, -0.15) is 18.3 Å². The molecule has 1 aliphatic carbocycles. The third kappa shape index (κ3) is 4.14. The minimum Gasteiger partial charge on any atom is -0.383 e. The van der Waals surface area contributed by atoms with Crippen LogP contribution in [0, 0.1) is 5.92 Å². The van der Waals surface area contributed by atoms with Crippen LogP contribution in [0.4, 0.5) is 24.7 Å². The van der Waals surface area contributed by atoms with Gasteiger partial charge in [0, 0.05) is 23.4 Å². The monoisotopic (exact) mass is 470 g/mol. The van der Waals surface area contributed by atoms with Crippen molar-refractivity contribution in [3.8, 4) is 11.3 Å². The van der Waals surface area contributed by atoms with E-state index >= 15 is 0 Å². The number of nitrogens with one attached hydrogen (secondary N) is 1. The highest BCUT2D eigenvalue weighted by Gasteiger charge is 2.39. The number of aromatic nitrogens is 4. The topological polar surface area (TPSA) is 108 Å². The van der Waals surface area contributed by atoms with E-state index in [1.54, 1.807) is 24.3 Å². The fourth-order valence-corrected chi connectivity index (χ4v) is 4.16. The molecule has 1 unspecified atom stereocenters. The number of fused-ring (bicyclic) bond motifs is 1. The molecule has 3 heterocycles. The molecule has 0 spiro atoms. The smallest absolute Gasteiger partial charge is 0.383 e. The van der Waals surface area contributed by atoms with Crippen LogP contribution < -0.4 is 11.1 Å². The molecule has 2 aliphatic rings. The van der Waals surface area contributed by atoms with Crippen molar-refractivity contribution in [3.63, 3.8) is 0 Å². The Morgan fingerprint density at radius 2 is 2.00 bits per heavy atom. The van der Waals surface area contributed by atoms with Crippen LogP contribution in [0.3, 0.4) is 0 Å². The molecule has 176 valence electrons. The van der Waals surface area contributed by atoms with E-state index in [0.29, 0.717) is 41.4 Å². The van der Waals surface area contributed by atoms with Gasteiger partial charge >= 0.3 is 6.18 Å². The lowest BCUT2D eigenvalue weighted by Crippen LogP contribution is -2.26. The number of benzene rings is 1. The van der Waals surface area contributed by atoms with Gasteiger partial charge in [0.15, 0.2) is 5.65 Å². The Labute approximate surface area is 192 Å². The number of hydrogen-bond acceptors (Lipinski definition) is 6. The number of nitrogen functional groups attached to an aromatic ring is 1. The molecule has 1 amide bonds. The van der Waals surface area contributed by atoms with Gasteiger partial charge in [-0.1, -0.05) is 30.4 Å². The summed E-state index contributed by atoms with van der Waals surface area (Å²) in [5.74, 6) is -1.93. The van der Waals surface area contributed by atoms with Crippen molar-refractivity contribution in [2.75, 3.05) is 24.3 Å². The van der Waals surface area contributed by atoms with E-state index in [4.69, 9.17) is 15.6 Å². The number of amides is 1. The number of halogens is 3. The summed E-state index contributed by atoms with van der Waals surface area (Å²) in [5.41, 5.74) is 8.62. The minimum absolute atomic E-state index is 0.0439. The number of anilines is 2. The van der Waals surface area contributed by atoms with Crippen molar-refractivity contribution in [2.24, 2.45) is 5.92 Å². The number of rotatable bonds is 4. The Morgan fingerprint density at radius 1 is 1.21 bits per heavy atom. The predicted molar refractivity (Wildman–Crippen MR) is 120 cm³/mol. The first kappa shape index (κ1) is 22.1. The Hall–Kier alpha value is -3.73. The van der Waals surface area contributed by atoms with Crippen molar-refractivity contribution < 1.29 is 22.7 Å². The zero-order valence-corrected chi connectivity index (χ0v) is 17.9. The number of allylic oxidation sites excluding steroid dienone is 3. The molecule has 2 atom stereocenters. The number of carbonyl (C=O) groups is 1. The highest BCUT2D eigenvalue weighted by Crippen LogP contribution is 2.36. The van der Waals surface area contributed by atoms with Gasteiger partial charge in [-0.05, 0) is 25.0 Å². The Morgan fingerprint density at radius 3 is 2.71 bits per heavy atom. The SMILES string of the molecule is Nc1ncnc2c1c(-c1ccc(NC(=O)C3=CC=CC(C(F)(F)F)C3)cc1)nn2[C@@H]1CCOC1. The summed E-state index contributed by atoms with van der Waals surface area (Å²) in [4.78, 5) is 21.0.